The molecule has 0 amide bonds. The molecular formula is C25H46O4S4. The molecule has 2 aliphatic heterocycles. The average molecular weight is 539 g/mol. The average Bonchev–Trinajstić information content (AvgIpc) is 3.52. The van der Waals surface area contributed by atoms with Crippen LogP contribution in [0.5, 0.6) is 0 Å². The smallest absolute Gasteiger partial charge is 0.305 e. The van der Waals surface area contributed by atoms with Crippen LogP contribution in [0.1, 0.15) is 109 Å². The van der Waals surface area contributed by atoms with E-state index < -0.39 is 6.29 Å². The summed E-state index contributed by atoms with van der Waals surface area (Å²) in [6.45, 7) is 1.25. The fourth-order valence-corrected chi connectivity index (χ4v) is 10.2. The Morgan fingerprint density at radius 2 is 1.33 bits per heavy atom. The second-order valence-electron chi connectivity index (χ2n) is 9.21. The van der Waals surface area contributed by atoms with Crippen LogP contribution in [-0.2, 0) is 14.3 Å². The minimum Gasteiger partial charge on any atom is -0.466 e. The van der Waals surface area contributed by atoms with Crippen molar-refractivity contribution < 1.29 is 19.4 Å². The van der Waals surface area contributed by atoms with Crippen LogP contribution in [0.25, 0.3) is 0 Å². The first kappa shape index (κ1) is 30.0. The van der Waals surface area contributed by atoms with Gasteiger partial charge in [0.1, 0.15) is 0 Å². The number of hydrogen-bond donors (Lipinski definition) is 1. The largest absolute Gasteiger partial charge is 0.466 e. The first-order valence-corrected chi connectivity index (χ1v) is 18.0. The predicted octanol–water partition coefficient (Wildman–Crippen LogP) is 8.02. The van der Waals surface area contributed by atoms with Crippen LogP contribution in [0, 0.1) is 0 Å². The zero-order valence-electron chi connectivity index (χ0n) is 20.4. The molecule has 2 aliphatic rings. The molecule has 3 atom stereocenters. The molecule has 0 aromatic rings. The lowest BCUT2D eigenvalue weighted by Gasteiger charge is -2.12. The van der Waals surface area contributed by atoms with E-state index in [1.807, 2.05) is 43.2 Å². The van der Waals surface area contributed by atoms with Crippen molar-refractivity contribution in [2.45, 2.75) is 126 Å². The lowest BCUT2D eigenvalue weighted by molar-refractivity contribution is -0.143. The van der Waals surface area contributed by atoms with Crippen LogP contribution in [0.2, 0.25) is 0 Å². The maximum Gasteiger partial charge on any atom is 0.305 e. The zero-order valence-corrected chi connectivity index (χ0v) is 23.7. The summed E-state index contributed by atoms with van der Waals surface area (Å²) in [6.07, 6.45) is 18.3. The number of aliphatic hydroxyl groups excluding tert-OH is 1. The molecule has 0 aromatic heterocycles. The Morgan fingerprint density at radius 3 is 1.94 bits per heavy atom. The Hall–Kier alpha value is 0.790. The third-order valence-corrected chi connectivity index (χ3v) is 12.2. The van der Waals surface area contributed by atoms with Gasteiger partial charge in [0.15, 0.2) is 6.29 Å². The standard InChI is InChI=1S/C25H46O4S4/c26-24(14-8-6-12-22-16-20-30-32-22)28-18-10-4-2-1-3-5-11-19-29-25(27)15-9-7-13-23-17-21-31-33-23/h22-24,26H,1-21H2. The monoisotopic (exact) mass is 538 g/mol. The third-order valence-electron chi connectivity index (χ3n) is 6.20. The highest BCUT2D eigenvalue weighted by atomic mass is 33.1. The summed E-state index contributed by atoms with van der Waals surface area (Å²) in [7, 11) is 8.05. The van der Waals surface area contributed by atoms with E-state index >= 15 is 0 Å². The van der Waals surface area contributed by atoms with Gasteiger partial charge in [-0.2, -0.15) is 0 Å². The number of rotatable bonds is 21. The molecule has 0 aromatic carbocycles. The Kier molecular flexibility index (Phi) is 19.0. The molecule has 0 saturated carbocycles. The van der Waals surface area contributed by atoms with Gasteiger partial charge in [-0.1, -0.05) is 88.1 Å². The van der Waals surface area contributed by atoms with Gasteiger partial charge in [0, 0.05) is 35.0 Å². The van der Waals surface area contributed by atoms with Gasteiger partial charge in [-0.05, 0) is 57.8 Å². The SMILES string of the molecule is O=C(CCCCC1CCSS1)OCCCCCCCCCOC(O)CCCCC1CCSS1. The normalized spacial score (nSPS) is 21.5. The van der Waals surface area contributed by atoms with Crippen molar-refractivity contribution in [2.24, 2.45) is 0 Å². The van der Waals surface area contributed by atoms with E-state index in [-0.39, 0.29) is 5.97 Å². The Balaban J connectivity index is 1.23. The van der Waals surface area contributed by atoms with Gasteiger partial charge < -0.3 is 14.6 Å². The Bertz CT molecular complexity index is 471. The summed E-state index contributed by atoms with van der Waals surface area (Å²) in [5, 5.41) is 11.6. The van der Waals surface area contributed by atoms with Crippen LogP contribution in [0.4, 0.5) is 0 Å². The quantitative estimate of drug-likeness (QED) is 0.0682. The minimum absolute atomic E-state index is 0.0162. The van der Waals surface area contributed by atoms with Gasteiger partial charge in [0.05, 0.1) is 6.61 Å². The molecule has 4 nitrogen and oxygen atoms in total. The number of aliphatic hydroxyl groups is 1. The van der Waals surface area contributed by atoms with E-state index in [0.717, 1.165) is 61.9 Å². The summed E-state index contributed by atoms with van der Waals surface area (Å²) in [6, 6.07) is 0. The number of unbranched alkanes of at least 4 members (excludes halogenated alkanes) is 8. The van der Waals surface area contributed by atoms with Crippen LogP contribution >= 0.6 is 43.2 Å². The second-order valence-corrected chi connectivity index (χ2v) is 14.8. The Labute approximate surface area is 218 Å². The number of carbonyl (C=O) groups is 1. The molecular weight excluding hydrogens is 493 g/mol. The molecule has 0 aliphatic carbocycles. The molecule has 1 N–H and O–H groups in total. The molecule has 0 spiro atoms. The number of ether oxygens (including phenoxy) is 2. The van der Waals surface area contributed by atoms with Crippen LogP contribution < -0.4 is 0 Å². The highest BCUT2D eigenvalue weighted by Gasteiger charge is 2.17. The molecule has 2 rings (SSSR count). The third kappa shape index (κ3) is 17.0. The van der Waals surface area contributed by atoms with Crippen molar-refractivity contribution in [3.8, 4) is 0 Å². The summed E-state index contributed by atoms with van der Waals surface area (Å²) in [4.78, 5) is 11.8. The zero-order chi connectivity index (χ0) is 23.4. The lowest BCUT2D eigenvalue weighted by atomic mass is 10.1. The van der Waals surface area contributed by atoms with Crippen molar-refractivity contribution in [3.05, 3.63) is 0 Å². The van der Waals surface area contributed by atoms with Gasteiger partial charge in [-0.3, -0.25) is 4.79 Å². The van der Waals surface area contributed by atoms with E-state index in [4.69, 9.17) is 9.47 Å². The number of hydrogen-bond acceptors (Lipinski definition) is 8. The number of esters is 1. The van der Waals surface area contributed by atoms with Crippen LogP contribution in [0.15, 0.2) is 0 Å². The predicted molar refractivity (Wildman–Crippen MR) is 149 cm³/mol. The number of carbonyl (C=O) groups excluding carboxylic acids is 1. The molecule has 2 heterocycles. The fourth-order valence-electron chi connectivity index (χ4n) is 4.11. The van der Waals surface area contributed by atoms with Crippen molar-refractivity contribution >= 4 is 49.1 Å². The van der Waals surface area contributed by atoms with E-state index in [2.05, 4.69) is 0 Å². The van der Waals surface area contributed by atoms with Gasteiger partial charge >= 0.3 is 5.97 Å². The summed E-state index contributed by atoms with van der Waals surface area (Å²) < 4.78 is 10.9. The van der Waals surface area contributed by atoms with E-state index in [0.29, 0.717) is 19.6 Å². The van der Waals surface area contributed by atoms with Crippen molar-refractivity contribution in [2.75, 3.05) is 24.7 Å². The second kappa shape index (κ2) is 20.9. The molecule has 3 unspecified atom stereocenters. The van der Waals surface area contributed by atoms with E-state index in [1.54, 1.807) is 0 Å². The molecule has 8 heteroatoms. The van der Waals surface area contributed by atoms with Crippen LogP contribution in [-0.4, -0.2) is 52.6 Å². The van der Waals surface area contributed by atoms with Gasteiger partial charge in [0.25, 0.3) is 0 Å². The van der Waals surface area contributed by atoms with Crippen LogP contribution in [0.3, 0.4) is 0 Å². The molecule has 2 fully saturated rings. The molecule has 194 valence electrons. The first-order chi connectivity index (χ1) is 16.2. The fraction of sp³-hybridized carbons (Fsp3) is 0.960. The summed E-state index contributed by atoms with van der Waals surface area (Å²) in [5.74, 6) is 2.57. The maximum absolute atomic E-state index is 11.8. The van der Waals surface area contributed by atoms with Crippen molar-refractivity contribution in [3.63, 3.8) is 0 Å². The molecule has 33 heavy (non-hydrogen) atoms. The van der Waals surface area contributed by atoms with Gasteiger partial charge in [0.2, 0.25) is 0 Å². The van der Waals surface area contributed by atoms with Gasteiger partial charge in [-0.25, -0.2) is 0 Å². The summed E-state index contributed by atoms with van der Waals surface area (Å²) >= 11 is 0. The molecule has 0 bridgehead atoms. The lowest BCUT2D eigenvalue weighted by Crippen LogP contribution is -2.13. The first-order valence-electron chi connectivity index (χ1n) is 13.3. The highest BCUT2D eigenvalue weighted by molar-refractivity contribution is 8.77. The molecule has 0 radical (unpaired) electrons. The van der Waals surface area contributed by atoms with E-state index in [1.165, 1.54) is 62.9 Å². The Morgan fingerprint density at radius 1 is 0.758 bits per heavy atom. The van der Waals surface area contributed by atoms with Crippen molar-refractivity contribution in [1.82, 2.24) is 0 Å². The molecule has 2 saturated heterocycles. The highest BCUT2D eigenvalue weighted by Crippen LogP contribution is 2.40. The summed E-state index contributed by atoms with van der Waals surface area (Å²) in [5.41, 5.74) is 0. The minimum atomic E-state index is -0.580. The topological polar surface area (TPSA) is 55.8 Å². The van der Waals surface area contributed by atoms with E-state index in [9.17, 15) is 9.90 Å². The maximum atomic E-state index is 11.8. The van der Waals surface area contributed by atoms with Crippen molar-refractivity contribution in [1.29, 1.82) is 0 Å². The van der Waals surface area contributed by atoms with Gasteiger partial charge in [-0.15, -0.1) is 0 Å².